The molecule has 0 saturated carbocycles. The van der Waals surface area contributed by atoms with E-state index in [1.807, 2.05) is 0 Å². The fourth-order valence-corrected chi connectivity index (χ4v) is 1.14. The molecule has 90 valence electrons. The van der Waals surface area contributed by atoms with E-state index < -0.39 is 4.92 Å². The number of nitrogens with zero attached hydrogens (tertiary/aromatic N) is 1. The minimum Gasteiger partial charge on any atom is -0.469 e. The van der Waals surface area contributed by atoms with Crippen molar-refractivity contribution in [3.63, 3.8) is 0 Å². The van der Waals surface area contributed by atoms with Crippen molar-refractivity contribution < 1.29 is 19.2 Å². The molecule has 0 unspecified atom stereocenters. The minimum absolute atomic E-state index is 0.0655. The number of carbonyl (C=O) groups excluding carboxylic acids is 1. The molecule has 1 aromatic carbocycles. The maximum absolute atomic E-state index is 11.6. The number of ether oxygens (including phenoxy) is 2. The Kier molecular flexibility index (Phi) is 4.21. The highest BCUT2D eigenvalue weighted by Crippen LogP contribution is 2.13. The number of hydrogen-bond donors (Lipinski definition) is 0. The van der Waals surface area contributed by atoms with Gasteiger partial charge in [-0.1, -0.05) is 0 Å². The van der Waals surface area contributed by atoms with E-state index in [9.17, 15) is 14.9 Å². The number of nitro groups is 1. The Balaban J connectivity index is 2.90. The van der Waals surface area contributed by atoms with Crippen molar-refractivity contribution in [3.8, 4) is 0 Å². The van der Waals surface area contributed by atoms with Gasteiger partial charge in [0.2, 0.25) is 0 Å². The standard InChI is InChI=1S/C11H11NO5/c1-16-11(17-2)7-10(13)8-3-5-9(6-4-8)12(14)15/h3-7H,1-2H3. The maximum atomic E-state index is 11.6. The molecular formula is C11H11NO5. The lowest BCUT2D eigenvalue weighted by Crippen LogP contribution is -1.99. The third-order valence-corrected chi connectivity index (χ3v) is 2.01. The zero-order chi connectivity index (χ0) is 12.8. The van der Waals surface area contributed by atoms with Gasteiger partial charge in [0.05, 0.1) is 25.2 Å². The number of non-ortho nitro benzene ring substituents is 1. The van der Waals surface area contributed by atoms with Crippen LogP contribution >= 0.6 is 0 Å². The van der Waals surface area contributed by atoms with Crippen LogP contribution in [0.25, 0.3) is 0 Å². The summed E-state index contributed by atoms with van der Waals surface area (Å²) < 4.78 is 9.53. The predicted molar refractivity (Wildman–Crippen MR) is 59.5 cm³/mol. The maximum Gasteiger partial charge on any atom is 0.282 e. The van der Waals surface area contributed by atoms with E-state index in [0.717, 1.165) is 0 Å². The van der Waals surface area contributed by atoms with Crippen LogP contribution < -0.4 is 0 Å². The first-order valence-corrected chi connectivity index (χ1v) is 4.67. The average Bonchev–Trinajstić information content (AvgIpc) is 2.35. The number of ketones is 1. The number of methoxy groups -OCH3 is 2. The third-order valence-electron chi connectivity index (χ3n) is 2.01. The SMILES string of the molecule is COC(=CC(=O)c1ccc([N+](=O)[O-])cc1)OC. The second-order valence-corrected chi connectivity index (χ2v) is 3.04. The van der Waals surface area contributed by atoms with Gasteiger partial charge in [-0.05, 0) is 12.1 Å². The Bertz CT molecular complexity index is 443. The van der Waals surface area contributed by atoms with Crippen molar-refractivity contribution in [2.75, 3.05) is 14.2 Å². The van der Waals surface area contributed by atoms with Crippen LogP contribution in [0.2, 0.25) is 0 Å². The minimum atomic E-state index is -0.528. The van der Waals surface area contributed by atoms with Gasteiger partial charge in [0.1, 0.15) is 0 Å². The summed E-state index contributed by atoms with van der Waals surface area (Å²) in [5, 5.41) is 10.4. The summed E-state index contributed by atoms with van der Waals surface area (Å²) in [6.07, 6.45) is 1.17. The molecule has 0 atom stereocenters. The molecule has 0 amide bonds. The van der Waals surface area contributed by atoms with Crippen LogP contribution in [0, 0.1) is 10.1 Å². The van der Waals surface area contributed by atoms with Crippen molar-refractivity contribution in [2.24, 2.45) is 0 Å². The van der Waals surface area contributed by atoms with Gasteiger partial charge < -0.3 is 9.47 Å². The van der Waals surface area contributed by atoms with Crippen molar-refractivity contribution in [3.05, 3.63) is 52.0 Å². The molecule has 0 fully saturated rings. The van der Waals surface area contributed by atoms with Crippen molar-refractivity contribution in [1.29, 1.82) is 0 Å². The summed E-state index contributed by atoms with van der Waals surface area (Å²) in [5.74, 6) is -0.271. The molecule has 0 spiro atoms. The van der Waals surface area contributed by atoms with Gasteiger partial charge in [-0.2, -0.15) is 0 Å². The number of hydrogen-bond acceptors (Lipinski definition) is 5. The van der Waals surface area contributed by atoms with Crippen LogP contribution in [0.1, 0.15) is 10.4 Å². The molecular weight excluding hydrogens is 226 g/mol. The molecule has 0 bridgehead atoms. The van der Waals surface area contributed by atoms with Gasteiger partial charge in [0.15, 0.2) is 5.78 Å². The topological polar surface area (TPSA) is 78.7 Å². The van der Waals surface area contributed by atoms with Crippen LogP contribution in [-0.4, -0.2) is 24.9 Å². The second kappa shape index (κ2) is 5.64. The molecule has 0 aromatic heterocycles. The van der Waals surface area contributed by atoms with Crippen LogP contribution in [-0.2, 0) is 9.47 Å². The number of nitro benzene ring substituents is 1. The molecule has 0 aliphatic heterocycles. The number of carbonyl (C=O) groups is 1. The first-order chi connectivity index (χ1) is 8.08. The molecule has 6 nitrogen and oxygen atoms in total. The molecule has 17 heavy (non-hydrogen) atoms. The van der Waals surface area contributed by atoms with Crippen molar-refractivity contribution >= 4 is 11.5 Å². The van der Waals surface area contributed by atoms with Gasteiger partial charge in [-0.3, -0.25) is 14.9 Å². The van der Waals surface area contributed by atoms with E-state index in [2.05, 4.69) is 0 Å². The summed E-state index contributed by atoms with van der Waals surface area (Å²) in [4.78, 5) is 21.5. The first-order valence-electron chi connectivity index (χ1n) is 4.67. The third kappa shape index (κ3) is 3.30. The van der Waals surface area contributed by atoms with E-state index in [0.29, 0.717) is 5.56 Å². The molecule has 0 radical (unpaired) electrons. The molecule has 0 saturated heterocycles. The quantitative estimate of drug-likeness (QED) is 0.257. The van der Waals surface area contributed by atoms with Crippen molar-refractivity contribution in [1.82, 2.24) is 0 Å². The van der Waals surface area contributed by atoms with Crippen LogP contribution in [0.15, 0.2) is 36.3 Å². The highest BCUT2D eigenvalue weighted by Gasteiger charge is 2.09. The highest BCUT2D eigenvalue weighted by molar-refractivity contribution is 6.04. The molecule has 0 aliphatic rings. The molecule has 0 aliphatic carbocycles. The van der Waals surface area contributed by atoms with Crippen LogP contribution in [0.3, 0.4) is 0 Å². The monoisotopic (exact) mass is 237 g/mol. The van der Waals surface area contributed by atoms with E-state index in [-0.39, 0.29) is 17.4 Å². The zero-order valence-corrected chi connectivity index (χ0v) is 9.38. The van der Waals surface area contributed by atoms with Gasteiger partial charge in [0, 0.05) is 17.7 Å². The Morgan fingerprint density at radius 1 is 1.24 bits per heavy atom. The summed E-state index contributed by atoms with van der Waals surface area (Å²) in [7, 11) is 2.75. The fourth-order valence-electron chi connectivity index (χ4n) is 1.14. The Morgan fingerprint density at radius 3 is 2.18 bits per heavy atom. The summed E-state index contributed by atoms with van der Waals surface area (Å²) in [5.41, 5.74) is 0.256. The van der Waals surface area contributed by atoms with Gasteiger partial charge in [0.25, 0.3) is 11.6 Å². The lowest BCUT2D eigenvalue weighted by atomic mass is 10.1. The number of allylic oxidation sites excluding steroid dienone is 1. The van der Waals surface area contributed by atoms with Gasteiger partial charge in [-0.25, -0.2) is 0 Å². The largest absolute Gasteiger partial charge is 0.469 e. The Morgan fingerprint density at radius 2 is 1.76 bits per heavy atom. The summed E-state index contributed by atoms with van der Waals surface area (Å²) in [6.45, 7) is 0. The number of rotatable bonds is 5. The smallest absolute Gasteiger partial charge is 0.282 e. The summed E-state index contributed by atoms with van der Waals surface area (Å²) >= 11 is 0. The molecule has 6 heteroatoms. The molecule has 0 heterocycles. The lowest BCUT2D eigenvalue weighted by Gasteiger charge is -2.02. The molecule has 1 rings (SSSR count). The Labute approximate surface area is 97.6 Å². The zero-order valence-electron chi connectivity index (χ0n) is 9.38. The van der Waals surface area contributed by atoms with E-state index in [4.69, 9.17) is 9.47 Å². The Hall–Kier alpha value is -2.37. The van der Waals surface area contributed by atoms with Gasteiger partial charge in [-0.15, -0.1) is 0 Å². The lowest BCUT2D eigenvalue weighted by molar-refractivity contribution is -0.384. The van der Waals surface area contributed by atoms with Crippen molar-refractivity contribution in [2.45, 2.75) is 0 Å². The first kappa shape index (κ1) is 12.7. The van der Waals surface area contributed by atoms with Gasteiger partial charge >= 0.3 is 0 Å². The predicted octanol–water partition coefficient (Wildman–Crippen LogP) is 1.91. The van der Waals surface area contributed by atoms with E-state index >= 15 is 0 Å². The van der Waals surface area contributed by atoms with E-state index in [1.165, 1.54) is 44.6 Å². The van der Waals surface area contributed by atoms with Crippen LogP contribution in [0.5, 0.6) is 0 Å². The summed E-state index contributed by atoms with van der Waals surface area (Å²) in [6, 6.07) is 5.28. The fraction of sp³-hybridized carbons (Fsp3) is 0.182. The number of benzene rings is 1. The molecule has 1 aromatic rings. The highest BCUT2D eigenvalue weighted by atomic mass is 16.7. The van der Waals surface area contributed by atoms with E-state index in [1.54, 1.807) is 0 Å². The molecule has 0 N–H and O–H groups in total. The van der Waals surface area contributed by atoms with Crippen LogP contribution in [0.4, 0.5) is 5.69 Å². The normalized spacial score (nSPS) is 9.29. The average molecular weight is 237 g/mol. The second-order valence-electron chi connectivity index (χ2n) is 3.04.